The molecule has 1 aliphatic heterocycles. The second-order valence-electron chi connectivity index (χ2n) is 6.27. The van der Waals surface area contributed by atoms with Crippen molar-refractivity contribution in [2.24, 2.45) is 4.99 Å². The molecule has 134 valence electrons. The molecule has 0 saturated carbocycles. The highest BCUT2D eigenvalue weighted by Gasteiger charge is 2.25. The summed E-state index contributed by atoms with van der Waals surface area (Å²) in [7, 11) is 1.77. The molecule has 0 radical (unpaired) electrons. The number of amides is 1. The van der Waals surface area contributed by atoms with Crippen LogP contribution in [-0.2, 0) is 11.2 Å². The fourth-order valence-electron chi connectivity index (χ4n) is 3.13. The number of pyridine rings is 1. The maximum absolute atomic E-state index is 11.8. The van der Waals surface area contributed by atoms with Crippen molar-refractivity contribution >= 4 is 17.5 Å². The van der Waals surface area contributed by atoms with Crippen molar-refractivity contribution in [3.8, 4) is 0 Å². The van der Waals surface area contributed by atoms with Gasteiger partial charge in [-0.05, 0) is 18.6 Å². The zero-order valence-electron chi connectivity index (χ0n) is 14.9. The summed E-state index contributed by atoms with van der Waals surface area (Å²) in [6, 6.07) is 6.25. The molecule has 1 aliphatic rings. The minimum absolute atomic E-state index is 0.221. The normalized spacial score (nSPS) is 17.9. The molecule has 0 aliphatic carbocycles. The van der Waals surface area contributed by atoms with Gasteiger partial charge in [-0.3, -0.25) is 9.79 Å². The number of hydrogen-bond donors (Lipinski definition) is 2. The predicted molar refractivity (Wildman–Crippen MR) is 98.7 cm³/mol. The summed E-state index contributed by atoms with van der Waals surface area (Å²) in [6.45, 7) is 4.24. The van der Waals surface area contributed by atoms with Gasteiger partial charge in [-0.25, -0.2) is 4.98 Å². The van der Waals surface area contributed by atoms with Crippen molar-refractivity contribution in [3.05, 3.63) is 36.3 Å². The van der Waals surface area contributed by atoms with Gasteiger partial charge in [-0.2, -0.15) is 0 Å². The molecule has 3 heterocycles. The fourth-order valence-corrected chi connectivity index (χ4v) is 3.13. The van der Waals surface area contributed by atoms with Gasteiger partial charge in [0.15, 0.2) is 5.96 Å². The molecule has 2 aromatic rings. The third-order valence-corrected chi connectivity index (χ3v) is 4.50. The highest BCUT2D eigenvalue weighted by molar-refractivity contribution is 5.80. The number of aliphatic imine (C=N–C) groups is 1. The van der Waals surface area contributed by atoms with Crippen LogP contribution in [0.4, 0.5) is 0 Å². The zero-order chi connectivity index (χ0) is 17.6. The molecular formula is C18H26N6O. The molecule has 25 heavy (non-hydrogen) atoms. The number of nitrogens with one attached hydrogen (secondary N) is 2. The Balaban J connectivity index is 1.46. The van der Waals surface area contributed by atoms with Crippen molar-refractivity contribution in [1.82, 2.24) is 24.9 Å². The van der Waals surface area contributed by atoms with E-state index in [4.69, 9.17) is 0 Å². The SMILES string of the molecule is CCC(=O)N1CCC(NC(=NC)NCCc2cn3ccccc3n2)C1. The molecule has 1 fully saturated rings. The zero-order valence-corrected chi connectivity index (χ0v) is 14.9. The van der Waals surface area contributed by atoms with E-state index in [-0.39, 0.29) is 11.9 Å². The summed E-state index contributed by atoms with van der Waals surface area (Å²) in [6.07, 6.45) is 6.41. The quantitative estimate of drug-likeness (QED) is 0.629. The Morgan fingerprint density at radius 3 is 3.08 bits per heavy atom. The maximum Gasteiger partial charge on any atom is 0.222 e. The summed E-state index contributed by atoms with van der Waals surface area (Å²) in [5.41, 5.74) is 2.02. The van der Waals surface area contributed by atoms with E-state index in [1.807, 2.05) is 40.6 Å². The first-order chi connectivity index (χ1) is 12.2. The minimum atomic E-state index is 0.221. The van der Waals surface area contributed by atoms with Crippen LogP contribution in [-0.4, -0.2) is 58.9 Å². The van der Waals surface area contributed by atoms with Crippen LogP contribution in [0.3, 0.4) is 0 Å². The number of guanidine groups is 1. The standard InChI is InChI=1S/C18H26N6O/c1-3-17(25)24-11-8-15(13-24)22-18(19-2)20-9-7-14-12-23-10-5-4-6-16(23)21-14/h4-6,10,12,15H,3,7-9,11,13H2,1-2H3,(H2,19,20,22). The molecule has 2 N–H and O–H groups in total. The van der Waals surface area contributed by atoms with E-state index >= 15 is 0 Å². The van der Waals surface area contributed by atoms with Crippen LogP contribution >= 0.6 is 0 Å². The Bertz CT molecular complexity index is 720. The largest absolute Gasteiger partial charge is 0.356 e. The molecule has 1 saturated heterocycles. The summed E-state index contributed by atoms with van der Waals surface area (Å²) in [5.74, 6) is 0.999. The van der Waals surface area contributed by atoms with Gasteiger partial charge in [-0.15, -0.1) is 0 Å². The van der Waals surface area contributed by atoms with E-state index in [1.165, 1.54) is 0 Å². The lowest BCUT2D eigenvalue weighted by Gasteiger charge is -2.18. The molecule has 7 nitrogen and oxygen atoms in total. The molecule has 1 amide bonds. The average molecular weight is 342 g/mol. The Morgan fingerprint density at radius 1 is 1.44 bits per heavy atom. The first-order valence-corrected chi connectivity index (χ1v) is 8.87. The van der Waals surface area contributed by atoms with Gasteiger partial charge in [0.05, 0.1) is 5.69 Å². The van der Waals surface area contributed by atoms with Gasteiger partial charge in [0.25, 0.3) is 0 Å². The highest BCUT2D eigenvalue weighted by Crippen LogP contribution is 2.10. The van der Waals surface area contributed by atoms with Crippen molar-refractivity contribution in [2.75, 3.05) is 26.7 Å². The van der Waals surface area contributed by atoms with E-state index in [2.05, 4.69) is 26.8 Å². The van der Waals surface area contributed by atoms with Crippen molar-refractivity contribution in [2.45, 2.75) is 32.2 Å². The van der Waals surface area contributed by atoms with Gasteiger partial charge in [0.1, 0.15) is 5.65 Å². The van der Waals surface area contributed by atoms with Crippen LogP contribution < -0.4 is 10.6 Å². The number of carbonyl (C=O) groups excluding carboxylic acids is 1. The van der Waals surface area contributed by atoms with E-state index in [9.17, 15) is 4.79 Å². The van der Waals surface area contributed by atoms with Crippen LogP contribution in [0, 0.1) is 0 Å². The highest BCUT2D eigenvalue weighted by atomic mass is 16.2. The van der Waals surface area contributed by atoms with Gasteiger partial charge in [0.2, 0.25) is 5.91 Å². The summed E-state index contributed by atoms with van der Waals surface area (Å²) < 4.78 is 2.03. The fraction of sp³-hybridized carbons (Fsp3) is 0.500. The molecule has 2 aromatic heterocycles. The van der Waals surface area contributed by atoms with Gasteiger partial charge in [-0.1, -0.05) is 13.0 Å². The number of likely N-dealkylation sites (tertiary alicyclic amines) is 1. The lowest BCUT2D eigenvalue weighted by molar-refractivity contribution is -0.129. The maximum atomic E-state index is 11.8. The monoisotopic (exact) mass is 342 g/mol. The molecule has 0 aromatic carbocycles. The van der Waals surface area contributed by atoms with Crippen LogP contribution in [0.25, 0.3) is 5.65 Å². The van der Waals surface area contributed by atoms with E-state index in [0.29, 0.717) is 6.42 Å². The second kappa shape index (κ2) is 8.00. The molecule has 3 rings (SSSR count). The molecule has 1 atom stereocenters. The topological polar surface area (TPSA) is 74.0 Å². The number of hydrogen-bond acceptors (Lipinski definition) is 3. The Labute approximate surface area is 148 Å². The number of nitrogens with zero attached hydrogens (tertiary/aromatic N) is 4. The van der Waals surface area contributed by atoms with Crippen molar-refractivity contribution in [3.63, 3.8) is 0 Å². The van der Waals surface area contributed by atoms with Crippen LogP contribution in [0.15, 0.2) is 35.6 Å². The second-order valence-corrected chi connectivity index (χ2v) is 6.27. The first kappa shape index (κ1) is 17.3. The Morgan fingerprint density at radius 2 is 2.32 bits per heavy atom. The van der Waals surface area contributed by atoms with E-state index in [1.54, 1.807) is 7.05 Å². The molecular weight excluding hydrogens is 316 g/mol. The summed E-state index contributed by atoms with van der Waals surface area (Å²) in [4.78, 5) is 22.6. The molecule has 7 heteroatoms. The van der Waals surface area contributed by atoms with Gasteiger partial charge >= 0.3 is 0 Å². The Hall–Kier alpha value is -2.57. The average Bonchev–Trinajstić information content (AvgIpc) is 3.26. The summed E-state index contributed by atoms with van der Waals surface area (Å²) >= 11 is 0. The lowest BCUT2D eigenvalue weighted by atomic mass is 10.3. The van der Waals surface area contributed by atoms with Crippen LogP contribution in [0.5, 0.6) is 0 Å². The number of imidazole rings is 1. The van der Waals surface area contributed by atoms with Crippen LogP contribution in [0.2, 0.25) is 0 Å². The minimum Gasteiger partial charge on any atom is -0.356 e. The number of fused-ring (bicyclic) bond motifs is 1. The van der Waals surface area contributed by atoms with Crippen LogP contribution in [0.1, 0.15) is 25.5 Å². The molecule has 1 unspecified atom stereocenters. The van der Waals surface area contributed by atoms with Crippen molar-refractivity contribution in [1.29, 1.82) is 0 Å². The molecule has 0 spiro atoms. The Kier molecular flexibility index (Phi) is 5.53. The number of rotatable bonds is 5. The molecule has 0 bridgehead atoms. The van der Waals surface area contributed by atoms with E-state index < -0.39 is 0 Å². The summed E-state index contributed by atoms with van der Waals surface area (Å²) in [5, 5.41) is 6.74. The third-order valence-electron chi connectivity index (χ3n) is 4.50. The van der Waals surface area contributed by atoms with E-state index in [0.717, 1.165) is 49.8 Å². The first-order valence-electron chi connectivity index (χ1n) is 8.87. The number of carbonyl (C=O) groups is 1. The van der Waals surface area contributed by atoms with Gasteiger partial charge in [0, 0.05) is 58.0 Å². The smallest absolute Gasteiger partial charge is 0.222 e. The number of aromatic nitrogens is 2. The predicted octanol–water partition coefficient (Wildman–Crippen LogP) is 1.05. The van der Waals surface area contributed by atoms with Gasteiger partial charge < -0.3 is 19.9 Å². The third kappa shape index (κ3) is 4.29. The van der Waals surface area contributed by atoms with Crippen molar-refractivity contribution < 1.29 is 4.79 Å². The lowest BCUT2D eigenvalue weighted by Crippen LogP contribution is -2.45.